The lowest BCUT2D eigenvalue weighted by molar-refractivity contribution is 0.0819. The molecule has 0 radical (unpaired) electrons. The third-order valence-electron chi connectivity index (χ3n) is 3.46. The molecule has 1 aromatic rings. The number of hydrogen-bond donors (Lipinski definition) is 1. The van der Waals surface area contributed by atoms with Gasteiger partial charge in [-0.25, -0.2) is 4.39 Å². The lowest BCUT2D eigenvalue weighted by atomic mass is 10.1. The number of rotatable bonds is 4. The van der Waals surface area contributed by atoms with Crippen molar-refractivity contribution in [3.05, 3.63) is 29.6 Å². The topological polar surface area (TPSA) is 24.5 Å². The highest BCUT2D eigenvalue weighted by atomic mass is 19.1. The van der Waals surface area contributed by atoms with Gasteiger partial charge in [0.2, 0.25) is 0 Å². The van der Waals surface area contributed by atoms with Crippen molar-refractivity contribution in [1.29, 1.82) is 0 Å². The zero-order chi connectivity index (χ0) is 13.0. The number of methoxy groups -OCH3 is 1. The Kier molecular flexibility index (Phi) is 4.55. The molecule has 1 heterocycles. The SMILES string of the molecule is CNCc1cc(F)cc(N2CCC(OC)CC2)c1. The smallest absolute Gasteiger partial charge is 0.125 e. The van der Waals surface area contributed by atoms with Crippen molar-refractivity contribution in [1.82, 2.24) is 5.32 Å². The number of ether oxygens (including phenoxy) is 1. The van der Waals surface area contributed by atoms with E-state index in [4.69, 9.17) is 4.74 Å². The lowest BCUT2D eigenvalue weighted by Gasteiger charge is -2.33. The van der Waals surface area contributed by atoms with E-state index in [0.717, 1.165) is 37.2 Å². The molecule has 2 rings (SSSR count). The number of halogens is 1. The van der Waals surface area contributed by atoms with Crippen LogP contribution in [0.2, 0.25) is 0 Å². The second-order valence-electron chi connectivity index (χ2n) is 4.77. The van der Waals surface area contributed by atoms with Gasteiger partial charge in [0.15, 0.2) is 0 Å². The number of piperidine rings is 1. The number of hydrogen-bond acceptors (Lipinski definition) is 3. The van der Waals surface area contributed by atoms with Crippen LogP contribution in [0.3, 0.4) is 0 Å². The third-order valence-corrected chi connectivity index (χ3v) is 3.46. The van der Waals surface area contributed by atoms with Crippen LogP contribution in [0.1, 0.15) is 18.4 Å². The van der Waals surface area contributed by atoms with E-state index in [0.29, 0.717) is 12.6 Å². The molecule has 0 bridgehead atoms. The Morgan fingerprint density at radius 3 is 2.67 bits per heavy atom. The number of nitrogens with zero attached hydrogens (tertiary/aromatic N) is 1. The lowest BCUT2D eigenvalue weighted by Crippen LogP contribution is -2.36. The van der Waals surface area contributed by atoms with Crippen molar-refractivity contribution < 1.29 is 9.13 Å². The summed E-state index contributed by atoms with van der Waals surface area (Å²) in [4.78, 5) is 2.23. The molecule has 1 N–H and O–H groups in total. The van der Waals surface area contributed by atoms with E-state index in [1.165, 1.54) is 0 Å². The second kappa shape index (κ2) is 6.16. The first-order valence-corrected chi connectivity index (χ1v) is 6.44. The maximum atomic E-state index is 13.6. The van der Waals surface area contributed by atoms with Crippen LogP contribution in [0, 0.1) is 5.82 Å². The van der Waals surface area contributed by atoms with E-state index in [1.807, 2.05) is 7.05 Å². The Morgan fingerprint density at radius 2 is 2.06 bits per heavy atom. The zero-order valence-electron chi connectivity index (χ0n) is 11.1. The second-order valence-corrected chi connectivity index (χ2v) is 4.77. The maximum Gasteiger partial charge on any atom is 0.125 e. The predicted octanol–water partition coefficient (Wildman–Crippen LogP) is 2.16. The van der Waals surface area contributed by atoms with Gasteiger partial charge in [-0.15, -0.1) is 0 Å². The van der Waals surface area contributed by atoms with Gasteiger partial charge in [-0.2, -0.15) is 0 Å². The van der Waals surface area contributed by atoms with Gasteiger partial charge in [0.25, 0.3) is 0 Å². The highest BCUT2D eigenvalue weighted by molar-refractivity contribution is 5.49. The molecule has 1 aliphatic heterocycles. The highest BCUT2D eigenvalue weighted by Crippen LogP contribution is 2.23. The van der Waals surface area contributed by atoms with Gasteiger partial charge in [0.05, 0.1) is 6.10 Å². The largest absolute Gasteiger partial charge is 0.381 e. The average molecular weight is 252 g/mol. The van der Waals surface area contributed by atoms with E-state index in [-0.39, 0.29) is 5.82 Å². The average Bonchev–Trinajstić information content (AvgIpc) is 2.38. The molecule has 1 saturated heterocycles. The summed E-state index contributed by atoms with van der Waals surface area (Å²) in [6.45, 7) is 2.56. The summed E-state index contributed by atoms with van der Waals surface area (Å²) in [5.74, 6) is -0.161. The van der Waals surface area contributed by atoms with E-state index in [9.17, 15) is 4.39 Å². The first-order chi connectivity index (χ1) is 8.72. The molecular formula is C14H21FN2O. The molecule has 0 aliphatic carbocycles. The summed E-state index contributed by atoms with van der Waals surface area (Å²) < 4.78 is 18.9. The fourth-order valence-corrected chi connectivity index (χ4v) is 2.47. The van der Waals surface area contributed by atoms with Gasteiger partial charge in [0.1, 0.15) is 5.82 Å². The molecule has 0 unspecified atom stereocenters. The third kappa shape index (κ3) is 3.21. The molecule has 0 aromatic heterocycles. The van der Waals surface area contributed by atoms with Crippen LogP contribution in [-0.2, 0) is 11.3 Å². The minimum absolute atomic E-state index is 0.161. The van der Waals surface area contributed by atoms with Crippen molar-refractivity contribution in [2.24, 2.45) is 0 Å². The van der Waals surface area contributed by atoms with E-state index in [2.05, 4.69) is 16.3 Å². The molecule has 1 fully saturated rings. The Balaban J connectivity index is 2.08. The van der Waals surface area contributed by atoms with Crippen LogP contribution < -0.4 is 10.2 Å². The quantitative estimate of drug-likeness (QED) is 0.888. The van der Waals surface area contributed by atoms with Gasteiger partial charge < -0.3 is 15.0 Å². The summed E-state index contributed by atoms with van der Waals surface area (Å²) >= 11 is 0. The molecule has 4 heteroatoms. The fourth-order valence-electron chi connectivity index (χ4n) is 2.47. The van der Waals surface area contributed by atoms with Crippen LogP contribution in [-0.4, -0.2) is 33.4 Å². The summed E-state index contributed by atoms with van der Waals surface area (Å²) in [6, 6.07) is 5.26. The molecule has 100 valence electrons. The highest BCUT2D eigenvalue weighted by Gasteiger charge is 2.19. The van der Waals surface area contributed by atoms with Crippen molar-refractivity contribution in [2.45, 2.75) is 25.5 Å². The number of benzene rings is 1. The van der Waals surface area contributed by atoms with Crippen molar-refractivity contribution in [3.63, 3.8) is 0 Å². The molecule has 0 saturated carbocycles. The molecule has 18 heavy (non-hydrogen) atoms. The van der Waals surface area contributed by atoms with Gasteiger partial charge in [-0.3, -0.25) is 0 Å². The first kappa shape index (κ1) is 13.3. The molecule has 1 aliphatic rings. The van der Waals surface area contributed by atoms with Crippen molar-refractivity contribution >= 4 is 5.69 Å². The van der Waals surface area contributed by atoms with Crippen LogP contribution in [0.25, 0.3) is 0 Å². The van der Waals surface area contributed by atoms with Gasteiger partial charge >= 0.3 is 0 Å². The Morgan fingerprint density at radius 1 is 1.33 bits per heavy atom. The molecule has 0 amide bonds. The Labute approximate surface area is 108 Å². The minimum Gasteiger partial charge on any atom is -0.381 e. The maximum absolute atomic E-state index is 13.6. The van der Waals surface area contributed by atoms with Crippen LogP contribution in [0.15, 0.2) is 18.2 Å². The number of nitrogens with one attached hydrogen (secondary N) is 1. The van der Waals surface area contributed by atoms with Crippen LogP contribution >= 0.6 is 0 Å². The molecule has 0 spiro atoms. The van der Waals surface area contributed by atoms with Crippen LogP contribution in [0.4, 0.5) is 10.1 Å². The minimum atomic E-state index is -0.161. The number of anilines is 1. The fraction of sp³-hybridized carbons (Fsp3) is 0.571. The Bertz CT molecular complexity index is 389. The first-order valence-electron chi connectivity index (χ1n) is 6.44. The van der Waals surface area contributed by atoms with Gasteiger partial charge in [-0.1, -0.05) is 0 Å². The monoisotopic (exact) mass is 252 g/mol. The normalized spacial score (nSPS) is 17.2. The molecule has 0 atom stereocenters. The van der Waals surface area contributed by atoms with Crippen LogP contribution in [0.5, 0.6) is 0 Å². The molecular weight excluding hydrogens is 231 g/mol. The zero-order valence-corrected chi connectivity index (χ0v) is 11.1. The van der Waals surface area contributed by atoms with E-state index < -0.39 is 0 Å². The predicted molar refractivity (Wildman–Crippen MR) is 71.4 cm³/mol. The summed E-state index contributed by atoms with van der Waals surface area (Å²) in [6.07, 6.45) is 2.37. The summed E-state index contributed by atoms with van der Waals surface area (Å²) in [7, 11) is 3.63. The summed E-state index contributed by atoms with van der Waals surface area (Å²) in [5, 5.41) is 3.05. The van der Waals surface area contributed by atoms with Gasteiger partial charge in [-0.05, 0) is 43.7 Å². The van der Waals surface area contributed by atoms with E-state index >= 15 is 0 Å². The van der Waals surface area contributed by atoms with E-state index in [1.54, 1.807) is 19.2 Å². The standard InChI is InChI=1S/C14H21FN2O/c1-16-10-11-7-12(15)9-13(8-11)17-5-3-14(18-2)4-6-17/h7-9,14,16H,3-6,10H2,1-2H3. The molecule has 1 aromatic carbocycles. The summed E-state index contributed by atoms with van der Waals surface area (Å²) in [5.41, 5.74) is 1.97. The van der Waals surface area contributed by atoms with Crippen molar-refractivity contribution in [3.8, 4) is 0 Å². The molecule has 3 nitrogen and oxygen atoms in total. The Hall–Kier alpha value is -1.13. The van der Waals surface area contributed by atoms with Crippen molar-refractivity contribution in [2.75, 3.05) is 32.1 Å². The van der Waals surface area contributed by atoms with Gasteiger partial charge in [0, 0.05) is 32.4 Å².